The molecule has 3 aromatic carbocycles. The summed E-state index contributed by atoms with van der Waals surface area (Å²) in [7, 11) is -1.15. The molecule has 0 unspecified atom stereocenters. The van der Waals surface area contributed by atoms with Crippen molar-refractivity contribution in [3.63, 3.8) is 0 Å². The van der Waals surface area contributed by atoms with Gasteiger partial charge in [-0.3, -0.25) is 4.98 Å². The zero-order valence-corrected chi connectivity index (χ0v) is 28.1. The predicted molar refractivity (Wildman–Crippen MR) is 179 cm³/mol. The van der Waals surface area contributed by atoms with Gasteiger partial charge < -0.3 is 9.97 Å². The number of unbranched alkanes of at least 4 members (excludes halogenated alkanes) is 3. The largest absolute Gasteiger partial charge is 3.00 e. The Morgan fingerprint density at radius 3 is 1.55 bits per heavy atom. The minimum Gasteiger partial charge on any atom is -0.306 e. The Hall–Kier alpha value is -4.02. The van der Waals surface area contributed by atoms with E-state index in [0.29, 0.717) is 0 Å². The molecule has 3 aromatic heterocycles. The summed E-state index contributed by atoms with van der Waals surface area (Å²) in [6, 6.07) is 54.1. The van der Waals surface area contributed by atoms with E-state index in [2.05, 4.69) is 83.8 Å². The van der Waals surface area contributed by atoms with Crippen molar-refractivity contribution in [3.05, 3.63) is 164 Å². The molecule has 0 spiro atoms. The van der Waals surface area contributed by atoms with E-state index in [1.165, 1.54) is 41.9 Å². The number of hydrogen-bond acceptors (Lipinski definition) is 3. The topological polar surface area (TPSA) is 38.7 Å². The standard InChI is InChI=1S/C34H30N2Si.C5H5N.Ir/c1(6-16-28-17-7-3-8-18-28)2-13-27-37(33-25-14-23-31(35-33)29-19-9-4-10-20-29)34-26-15-24-32(36-34)30-21-11-5-12-22-30;1-2-4-6-5-3-1;/h3-5,7-12,14-15,17,19,21,23-26H,1-2,6,13,16,27H2;1-5H;/q-3;;+3. The van der Waals surface area contributed by atoms with Gasteiger partial charge in [0.15, 0.2) is 8.80 Å². The zero-order chi connectivity index (χ0) is 29.4. The fraction of sp³-hybridized carbons (Fsp3) is 0.154. The summed E-state index contributed by atoms with van der Waals surface area (Å²) < 4.78 is 0. The van der Waals surface area contributed by atoms with Crippen molar-refractivity contribution in [3.8, 4) is 22.5 Å². The van der Waals surface area contributed by atoms with Crippen LogP contribution in [0.3, 0.4) is 0 Å². The second-order valence-electron chi connectivity index (χ2n) is 10.2. The van der Waals surface area contributed by atoms with Crippen LogP contribution in [0.5, 0.6) is 0 Å². The summed E-state index contributed by atoms with van der Waals surface area (Å²) in [4.78, 5) is 14.1. The quantitative estimate of drug-likeness (QED) is 0.0772. The van der Waals surface area contributed by atoms with Crippen molar-refractivity contribution in [1.82, 2.24) is 15.0 Å². The Balaban J connectivity index is 0.000000565. The molecule has 0 N–H and O–H groups in total. The van der Waals surface area contributed by atoms with Crippen LogP contribution in [0.25, 0.3) is 22.5 Å². The smallest absolute Gasteiger partial charge is 0.306 e. The van der Waals surface area contributed by atoms with Crippen LogP contribution < -0.4 is 10.6 Å². The molecule has 44 heavy (non-hydrogen) atoms. The van der Waals surface area contributed by atoms with Gasteiger partial charge in [0, 0.05) is 23.0 Å². The normalized spacial score (nSPS) is 10.4. The molecule has 0 saturated heterocycles. The third-order valence-corrected chi connectivity index (χ3v) is 9.70. The Morgan fingerprint density at radius 1 is 0.500 bits per heavy atom. The summed E-state index contributed by atoms with van der Waals surface area (Å²) >= 11 is 0. The van der Waals surface area contributed by atoms with Gasteiger partial charge in [-0.1, -0.05) is 62.4 Å². The molecule has 6 aromatic rings. The number of rotatable bonds is 11. The van der Waals surface area contributed by atoms with E-state index < -0.39 is 8.80 Å². The molecular formula is C39H35IrN3Si. The molecule has 0 aliphatic heterocycles. The van der Waals surface area contributed by atoms with Gasteiger partial charge in [-0.15, -0.1) is 71.8 Å². The number of aromatic nitrogens is 3. The van der Waals surface area contributed by atoms with Crippen LogP contribution in [0.1, 0.15) is 31.2 Å². The van der Waals surface area contributed by atoms with Crippen LogP contribution >= 0.6 is 0 Å². The predicted octanol–water partition coefficient (Wildman–Crippen LogP) is 7.70. The molecule has 0 atom stereocenters. The van der Waals surface area contributed by atoms with E-state index in [1.54, 1.807) is 12.4 Å². The monoisotopic (exact) mass is 766 g/mol. The van der Waals surface area contributed by atoms with Gasteiger partial charge >= 0.3 is 20.1 Å². The Labute approximate surface area is 277 Å². The second kappa shape index (κ2) is 18.6. The van der Waals surface area contributed by atoms with Crippen molar-refractivity contribution in [2.45, 2.75) is 38.1 Å². The number of pyridine rings is 3. The third-order valence-electron chi connectivity index (χ3n) is 7.05. The minimum atomic E-state index is -1.15. The first-order valence-corrected chi connectivity index (χ1v) is 16.6. The molecule has 5 heteroatoms. The summed E-state index contributed by atoms with van der Waals surface area (Å²) in [6.07, 6.45) is 9.44. The van der Waals surface area contributed by atoms with Crippen molar-refractivity contribution in [2.75, 3.05) is 0 Å². The Morgan fingerprint density at radius 2 is 1.07 bits per heavy atom. The summed E-state index contributed by atoms with van der Waals surface area (Å²) in [5.74, 6) is 0. The number of nitrogens with zero attached hydrogens (tertiary/aromatic N) is 3. The maximum absolute atomic E-state index is 5.14. The fourth-order valence-electron chi connectivity index (χ4n) is 4.87. The number of benzene rings is 3. The van der Waals surface area contributed by atoms with E-state index in [9.17, 15) is 0 Å². The maximum Gasteiger partial charge on any atom is 3.00 e. The van der Waals surface area contributed by atoms with Crippen LogP contribution in [0.2, 0.25) is 6.04 Å². The molecule has 219 valence electrons. The molecule has 0 fully saturated rings. The molecule has 0 aliphatic rings. The van der Waals surface area contributed by atoms with Crippen molar-refractivity contribution in [1.29, 1.82) is 0 Å². The molecule has 6 rings (SSSR count). The average Bonchev–Trinajstić information content (AvgIpc) is 3.10. The van der Waals surface area contributed by atoms with Crippen LogP contribution in [0.15, 0.2) is 140 Å². The Bertz CT molecular complexity index is 1510. The average molecular weight is 766 g/mol. The molecule has 0 aliphatic carbocycles. The summed E-state index contributed by atoms with van der Waals surface area (Å²) in [6.45, 7) is 0. The van der Waals surface area contributed by atoms with Gasteiger partial charge in [0.2, 0.25) is 0 Å². The van der Waals surface area contributed by atoms with E-state index in [-0.39, 0.29) is 20.1 Å². The van der Waals surface area contributed by atoms with Gasteiger partial charge in [-0.2, -0.15) is 35.9 Å². The van der Waals surface area contributed by atoms with Crippen LogP contribution in [-0.2, 0) is 26.5 Å². The number of hydrogen-bond donors (Lipinski definition) is 0. The molecule has 3 heterocycles. The van der Waals surface area contributed by atoms with Crippen LogP contribution in [0.4, 0.5) is 0 Å². The first-order valence-electron chi connectivity index (χ1n) is 14.9. The maximum atomic E-state index is 5.14. The van der Waals surface area contributed by atoms with Gasteiger partial charge in [0.25, 0.3) is 0 Å². The summed E-state index contributed by atoms with van der Waals surface area (Å²) in [5.41, 5.74) is 5.33. The molecule has 0 amide bonds. The van der Waals surface area contributed by atoms with Crippen LogP contribution in [0, 0.1) is 18.2 Å². The first kappa shape index (κ1) is 32.9. The third kappa shape index (κ3) is 10.3. The SMILES string of the molecule is [Ir+3].[c-]1ccccc1CCCCCC[Si](c1cccc(-c2[c-]cccc2)n1)c1cccc(-c2[c-]cccc2)n1.c1ccncc1. The van der Waals surface area contributed by atoms with E-state index >= 15 is 0 Å². The minimum absolute atomic E-state index is 0. The first-order chi connectivity index (χ1) is 21.4. The number of aryl methyl sites for hydroxylation is 1. The van der Waals surface area contributed by atoms with E-state index in [4.69, 9.17) is 9.97 Å². The van der Waals surface area contributed by atoms with Crippen molar-refractivity contribution < 1.29 is 20.1 Å². The van der Waals surface area contributed by atoms with Crippen LogP contribution in [-0.4, -0.2) is 23.7 Å². The van der Waals surface area contributed by atoms with Gasteiger partial charge in [0.05, 0.1) is 0 Å². The molecule has 0 bridgehead atoms. The van der Waals surface area contributed by atoms with E-state index in [1.807, 2.05) is 66.7 Å². The fourth-order valence-corrected chi connectivity index (χ4v) is 7.35. The van der Waals surface area contributed by atoms with Gasteiger partial charge in [-0.25, -0.2) is 0 Å². The van der Waals surface area contributed by atoms with Crippen molar-refractivity contribution in [2.24, 2.45) is 0 Å². The zero-order valence-electron chi connectivity index (χ0n) is 24.7. The molecule has 0 saturated carbocycles. The Kier molecular flexibility index (Phi) is 13.9. The molecule has 1 radical (unpaired) electrons. The van der Waals surface area contributed by atoms with Gasteiger partial charge in [0.1, 0.15) is 0 Å². The summed E-state index contributed by atoms with van der Waals surface area (Å²) in [5, 5.41) is 2.33. The van der Waals surface area contributed by atoms with E-state index in [0.717, 1.165) is 35.0 Å². The second-order valence-corrected chi connectivity index (χ2v) is 12.7. The van der Waals surface area contributed by atoms with Gasteiger partial charge in [-0.05, 0) is 41.7 Å². The van der Waals surface area contributed by atoms with Crippen molar-refractivity contribution >= 4 is 19.4 Å². The molecule has 3 nitrogen and oxygen atoms in total. The molecular weight excluding hydrogens is 731 g/mol.